The maximum absolute atomic E-state index is 14.5. The lowest BCUT2D eigenvalue weighted by molar-refractivity contribution is -0.318. The predicted octanol–water partition coefficient (Wildman–Crippen LogP) is 3.17. The van der Waals surface area contributed by atoms with Gasteiger partial charge in [-0.05, 0) is 112 Å². The Morgan fingerprint density at radius 1 is 0.925 bits per heavy atom. The molecule has 0 spiro atoms. The third-order valence-corrected chi connectivity index (χ3v) is 14.6. The molecule has 3 saturated heterocycles. The van der Waals surface area contributed by atoms with Crippen LogP contribution in [0.2, 0.25) is 0 Å². The van der Waals surface area contributed by atoms with Crippen LogP contribution < -0.4 is 15.4 Å². The minimum Gasteiger partial charge on any atom is -0.497 e. The number of esters is 1. The number of nitrogens with zero attached hydrogens (tertiary/aromatic N) is 2. The lowest BCUT2D eigenvalue weighted by Gasteiger charge is -2.48. The standard InChI is InChI=1S/C49H86N4O14/c1-15-37-49(10,60)41(55)32(6)53(22-16-21-50-46(58)51-26-34-17-19-35(61-13)20-18-34)27-28(2)24-47(8,59)43(67-45-39(54)36(52(11)12)23-29(3)63-45)30(4)40(31(5)44(57)65-37)66-38-25-48(9,62-14)42(56)33(7)64-38/h17-20,28-33,36-43,45,54-56,59-60H,15-16,21-27H2,1-14H3,(H2,50,51,58)/t28-,29-,30+,31-,32-,33+,36+,37-,38+,39-,40+,41-,42+,43-,45+,47-,48-,49-/m1/s1. The zero-order valence-electron chi connectivity index (χ0n) is 42.6. The molecule has 18 atom stereocenters. The summed E-state index contributed by atoms with van der Waals surface area (Å²) in [5, 5.41) is 65.6. The van der Waals surface area contributed by atoms with E-state index in [4.69, 9.17) is 33.2 Å². The van der Waals surface area contributed by atoms with Crippen molar-refractivity contribution in [2.45, 2.75) is 198 Å². The van der Waals surface area contributed by atoms with Crippen molar-refractivity contribution in [2.75, 3.05) is 47.9 Å². The molecular formula is C49H86N4O14. The van der Waals surface area contributed by atoms with E-state index >= 15 is 0 Å². The lowest BCUT2D eigenvalue weighted by atomic mass is 9.77. The topological polar surface area (TPSA) is 230 Å². The largest absolute Gasteiger partial charge is 0.497 e. The number of aliphatic hydroxyl groups is 5. The van der Waals surface area contributed by atoms with E-state index in [1.807, 2.05) is 62.0 Å². The van der Waals surface area contributed by atoms with Crippen molar-refractivity contribution in [3.63, 3.8) is 0 Å². The number of rotatable bonds is 14. The Bertz CT molecular complexity index is 1690. The number of methoxy groups -OCH3 is 2. The molecule has 67 heavy (non-hydrogen) atoms. The van der Waals surface area contributed by atoms with Gasteiger partial charge in [0.15, 0.2) is 12.6 Å². The van der Waals surface area contributed by atoms with Crippen LogP contribution in [0.3, 0.4) is 0 Å². The van der Waals surface area contributed by atoms with Crippen molar-refractivity contribution in [3.05, 3.63) is 29.8 Å². The van der Waals surface area contributed by atoms with E-state index in [2.05, 4.69) is 10.6 Å². The first-order chi connectivity index (χ1) is 31.3. The predicted molar refractivity (Wildman–Crippen MR) is 251 cm³/mol. The summed E-state index contributed by atoms with van der Waals surface area (Å²) < 4.78 is 43.3. The Labute approximate surface area is 399 Å². The molecule has 2 amide bonds. The zero-order chi connectivity index (χ0) is 50.2. The molecule has 0 bridgehead atoms. The number of ether oxygens (including phenoxy) is 7. The van der Waals surface area contributed by atoms with Crippen molar-refractivity contribution >= 4 is 12.0 Å². The summed E-state index contributed by atoms with van der Waals surface area (Å²) in [6, 6.07) is 6.05. The number of aliphatic hydroxyl groups excluding tert-OH is 3. The Balaban J connectivity index is 1.70. The minimum atomic E-state index is -1.92. The average Bonchev–Trinajstić information content (AvgIpc) is 3.27. The van der Waals surface area contributed by atoms with Crippen LogP contribution in [-0.4, -0.2) is 186 Å². The fraction of sp³-hybridized carbons (Fsp3) is 0.837. The van der Waals surface area contributed by atoms with Crippen LogP contribution in [0.4, 0.5) is 4.79 Å². The summed E-state index contributed by atoms with van der Waals surface area (Å²) >= 11 is 0. The van der Waals surface area contributed by atoms with E-state index in [1.165, 1.54) is 14.0 Å². The molecular weight excluding hydrogens is 869 g/mol. The van der Waals surface area contributed by atoms with Gasteiger partial charge in [0.25, 0.3) is 0 Å². The molecule has 0 radical (unpaired) electrons. The second-order valence-electron chi connectivity index (χ2n) is 20.5. The normalized spacial score (nSPS) is 40.9. The fourth-order valence-electron chi connectivity index (χ4n) is 10.4. The van der Waals surface area contributed by atoms with Crippen molar-refractivity contribution in [2.24, 2.45) is 17.8 Å². The highest BCUT2D eigenvalue weighted by Crippen LogP contribution is 2.40. The van der Waals surface area contributed by atoms with E-state index in [9.17, 15) is 35.1 Å². The number of urea groups is 1. The molecule has 3 aliphatic heterocycles. The Morgan fingerprint density at radius 3 is 2.18 bits per heavy atom. The van der Waals surface area contributed by atoms with Crippen molar-refractivity contribution in [3.8, 4) is 5.75 Å². The quantitative estimate of drug-likeness (QED) is 0.105. The summed E-state index contributed by atoms with van der Waals surface area (Å²) in [7, 11) is 6.84. The summed E-state index contributed by atoms with van der Waals surface area (Å²) in [4.78, 5) is 31.3. The Hall–Kier alpha value is -2.72. The molecule has 3 aliphatic rings. The van der Waals surface area contributed by atoms with E-state index in [0.717, 1.165) is 11.3 Å². The Kier molecular flexibility index (Phi) is 20.7. The minimum absolute atomic E-state index is 0.0987. The molecule has 386 valence electrons. The summed E-state index contributed by atoms with van der Waals surface area (Å²) in [6.07, 6.45) is -8.57. The molecule has 3 heterocycles. The van der Waals surface area contributed by atoms with Crippen LogP contribution in [-0.2, 0) is 39.8 Å². The second kappa shape index (κ2) is 24.4. The average molecular weight is 955 g/mol. The van der Waals surface area contributed by atoms with Gasteiger partial charge < -0.3 is 74.2 Å². The van der Waals surface area contributed by atoms with E-state index in [0.29, 0.717) is 39.0 Å². The highest BCUT2D eigenvalue weighted by molar-refractivity contribution is 5.74. The number of amides is 2. The van der Waals surface area contributed by atoms with Crippen molar-refractivity contribution in [1.82, 2.24) is 20.4 Å². The highest BCUT2D eigenvalue weighted by atomic mass is 16.7. The van der Waals surface area contributed by atoms with Crippen LogP contribution in [0, 0.1) is 17.8 Å². The van der Waals surface area contributed by atoms with Gasteiger partial charge in [0.2, 0.25) is 0 Å². The number of nitrogens with one attached hydrogen (secondary N) is 2. The first-order valence-electron chi connectivity index (χ1n) is 24.2. The molecule has 18 heteroatoms. The molecule has 0 unspecified atom stereocenters. The number of carbonyl (C=O) groups is 2. The smallest absolute Gasteiger partial charge is 0.315 e. The van der Waals surface area contributed by atoms with Gasteiger partial charge in [0, 0.05) is 57.7 Å². The third-order valence-electron chi connectivity index (χ3n) is 14.6. The first-order valence-corrected chi connectivity index (χ1v) is 24.2. The molecule has 7 N–H and O–H groups in total. The molecule has 4 rings (SSSR count). The first kappa shape index (κ1) is 56.9. The SMILES string of the molecule is CC[C@H]1OC(=O)[C@H](C)[C@@H](O[C@H]2C[C@@](C)(OC)[C@@H](O)[C@H](C)O2)[C@H](C)[C@@H](O[C@@H]2O[C@H](C)C[C@H](N(C)C)[C@H]2O)[C@](C)(O)C[C@@H](C)CN(CCCNC(=O)NCc2ccc(OC)cc2)[C@H](C)[C@@H](O)[C@]1(C)O. The number of hydrogen-bond donors (Lipinski definition) is 7. The monoisotopic (exact) mass is 955 g/mol. The van der Waals surface area contributed by atoms with E-state index in [1.54, 1.807) is 55.6 Å². The molecule has 1 aromatic rings. The molecule has 0 aliphatic carbocycles. The maximum Gasteiger partial charge on any atom is 0.315 e. The zero-order valence-corrected chi connectivity index (χ0v) is 42.6. The number of cyclic esters (lactones) is 1. The third kappa shape index (κ3) is 14.4. The van der Waals surface area contributed by atoms with E-state index < -0.39 is 96.0 Å². The summed E-state index contributed by atoms with van der Waals surface area (Å²) in [5.74, 6) is -2.16. The maximum atomic E-state index is 14.5. The number of hydrogen-bond acceptors (Lipinski definition) is 16. The van der Waals surface area contributed by atoms with E-state index in [-0.39, 0.29) is 43.4 Å². The summed E-state index contributed by atoms with van der Waals surface area (Å²) in [6.45, 7) is 18.8. The van der Waals surface area contributed by atoms with Gasteiger partial charge >= 0.3 is 12.0 Å². The number of likely N-dealkylation sites (N-methyl/N-ethyl adjacent to an activating group) is 1. The summed E-state index contributed by atoms with van der Waals surface area (Å²) in [5.41, 5.74) is -3.73. The van der Waals surface area contributed by atoms with Crippen LogP contribution in [0.15, 0.2) is 24.3 Å². The van der Waals surface area contributed by atoms with Gasteiger partial charge in [-0.25, -0.2) is 4.79 Å². The molecule has 18 nitrogen and oxygen atoms in total. The number of carbonyl (C=O) groups excluding carboxylic acids is 2. The molecule has 0 saturated carbocycles. The van der Waals surface area contributed by atoms with Gasteiger partial charge in [-0.3, -0.25) is 9.69 Å². The molecule has 0 aromatic heterocycles. The highest BCUT2D eigenvalue weighted by Gasteiger charge is 2.53. The molecule has 3 fully saturated rings. The van der Waals surface area contributed by atoms with Gasteiger partial charge in [-0.1, -0.05) is 32.9 Å². The van der Waals surface area contributed by atoms with Gasteiger partial charge in [-0.15, -0.1) is 0 Å². The van der Waals surface area contributed by atoms with Gasteiger partial charge in [-0.2, -0.15) is 0 Å². The fourth-order valence-corrected chi connectivity index (χ4v) is 10.4. The van der Waals surface area contributed by atoms with Crippen LogP contribution in [0.25, 0.3) is 0 Å². The Morgan fingerprint density at radius 2 is 1.58 bits per heavy atom. The second-order valence-corrected chi connectivity index (χ2v) is 20.5. The molecule has 1 aromatic carbocycles. The van der Waals surface area contributed by atoms with Gasteiger partial charge in [0.1, 0.15) is 35.8 Å². The van der Waals surface area contributed by atoms with Crippen LogP contribution in [0.5, 0.6) is 5.75 Å². The van der Waals surface area contributed by atoms with Crippen LogP contribution >= 0.6 is 0 Å². The van der Waals surface area contributed by atoms with Crippen LogP contribution in [0.1, 0.15) is 107 Å². The van der Waals surface area contributed by atoms with Crippen molar-refractivity contribution in [1.29, 1.82) is 0 Å². The number of benzene rings is 1. The van der Waals surface area contributed by atoms with Gasteiger partial charge in [0.05, 0.1) is 48.6 Å². The van der Waals surface area contributed by atoms with Crippen molar-refractivity contribution < 1.29 is 68.3 Å². The lowest BCUT2D eigenvalue weighted by Crippen LogP contribution is -2.60.